The van der Waals surface area contributed by atoms with Gasteiger partial charge in [-0.3, -0.25) is 9.36 Å². The number of fused-ring (bicyclic) bond motifs is 1. The number of carbonyl (C=O) groups excluding carboxylic acids is 1. The fraction of sp³-hybridized carbons (Fsp3) is 0.345. The van der Waals surface area contributed by atoms with Crippen LogP contribution in [0, 0.1) is 0 Å². The minimum Gasteiger partial charge on any atom is -0.496 e. The van der Waals surface area contributed by atoms with E-state index in [0.717, 1.165) is 12.0 Å². The second kappa shape index (κ2) is 13.1. The van der Waals surface area contributed by atoms with Crippen LogP contribution in [0.2, 0.25) is 5.02 Å². The highest BCUT2D eigenvalue weighted by Gasteiger charge is 2.36. The molecule has 212 valence electrons. The van der Waals surface area contributed by atoms with E-state index in [1.165, 1.54) is 23.0 Å². The lowest BCUT2D eigenvalue weighted by Crippen LogP contribution is -2.40. The topological polar surface area (TPSA) is 88.4 Å². The van der Waals surface area contributed by atoms with Crippen LogP contribution < -0.4 is 29.1 Å². The quantitative estimate of drug-likeness (QED) is 0.273. The van der Waals surface area contributed by atoms with Crippen molar-refractivity contribution < 1.29 is 23.7 Å². The number of halogens is 2. The van der Waals surface area contributed by atoms with E-state index in [1.54, 1.807) is 38.3 Å². The molecule has 1 atom stereocenters. The summed E-state index contributed by atoms with van der Waals surface area (Å²) < 4.78 is 25.0. The number of benzene rings is 2. The molecule has 0 N–H and O–H groups in total. The third kappa shape index (κ3) is 5.84. The Balaban J connectivity index is 2.03. The molecule has 0 spiro atoms. The van der Waals surface area contributed by atoms with Gasteiger partial charge in [-0.2, -0.15) is 0 Å². The minimum absolute atomic E-state index is 0.181. The molecule has 0 saturated carbocycles. The maximum absolute atomic E-state index is 14.1. The van der Waals surface area contributed by atoms with Gasteiger partial charge in [-0.15, -0.1) is 0 Å². The van der Waals surface area contributed by atoms with Gasteiger partial charge in [0.1, 0.15) is 11.8 Å². The third-order valence-corrected chi connectivity index (χ3v) is 8.02. The van der Waals surface area contributed by atoms with Gasteiger partial charge in [0, 0.05) is 10.6 Å². The monoisotopic (exact) mass is 648 g/mol. The molecular weight excluding hydrogens is 620 g/mol. The minimum atomic E-state index is -0.839. The van der Waals surface area contributed by atoms with Crippen LogP contribution in [0.15, 0.2) is 55.9 Å². The number of esters is 1. The van der Waals surface area contributed by atoms with Gasteiger partial charge in [0.05, 0.1) is 47.7 Å². The van der Waals surface area contributed by atoms with E-state index in [-0.39, 0.29) is 12.2 Å². The van der Waals surface area contributed by atoms with Crippen molar-refractivity contribution >= 4 is 50.9 Å². The Morgan fingerprint density at radius 2 is 1.90 bits per heavy atom. The highest BCUT2D eigenvalue weighted by atomic mass is 79.9. The summed E-state index contributed by atoms with van der Waals surface area (Å²) in [6, 6.07) is 7.96. The van der Waals surface area contributed by atoms with Crippen molar-refractivity contribution in [1.82, 2.24) is 4.57 Å². The number of thiazole rings is 1. The van der Waals surface area contributed by atoms with E-state index in [2.05, 4.69) is 15.9 Å². The number of ether oxygens (including phenoxy) is 4. The Bertz CT molecular complexity index is 1650. The Morgan fingerprint density at radius 1 is 1.12 bits per heavy atom. The normalized spacial score (nSPS) is 15.0. The molecule has 0 radical (unpaired) electrons. The first-order valence-electron chi connectivity index (χ1n) is 12.8. The van der Waals surface area contributed by atoms with Crippen molar-refractivity contribution in [1.29, 1.82) is 0 Å². The molecule has 0 amide bonds. The first-order chi connectivity index (χ1) is 19.3. The zero-order chi connectivity index (χ0) is 29.0. The molecule has 1 aromatic heterocycles. The van der Waals surface area contributed by atoms with E-state index in [1.807, 2.05) is 26.0 Å². The zero-order valence-corrected chi connectivity index (χ0v) is 26.0. The Labute approximate surface area is 249 Å². The van der Waals surface area contributed by atoms with Crippen LogP contribution in [-0.2, 0) is 9.53 Å². The molecule has 1 aliphatic rings. The molecular formula is C29H30BrClN2O6S. The molecule has 0 saturated heterocycles. The third-order valence-electron chi connectivity index (χ3n) is 6.21. The smallest absolute Gasteiger partial charge is 0.338 e. The lowest BCUT2D eigenvalue weighted by Gasteiger charge is -2.27. The van der Waals surface area contributed by atoms with Gasteiger partial charge in [-0.25, -0.2) is 9.79 Å². The van der Waals surface area contributed by atoms with Crippen LogP contribution >= 0.6 is 38.9 Å². The molecule has 8 nitrogen and oxygen atoms in total. The van der Waals surface area contributed by atoms with Crippen molar-refractivity contribution in [2.24, 2.45) is 4.99 Å². The molecule has 11 heteroatoms. The molecule has 0 unspecified atom stereocenters. The van der Waals surface area contributed by atoms with Crippen molar-refractivity contribution in [3.8, 4) is 17.2 Å². The Hall–Kier alpha value is -3.08. The predicted molar refractivity (Wildman–Crippen MR) is 159 cm³/mol. The average molecular weight is 650 g/mol. The molecule has 40 heavy (non-hydrogen) atoms. The lowest BCUT2D eigenvalue weighted by atomic mass is 9.93. The summed E-state index contributed by atoms with van der Waals surface area (Å²) in [5.74, 6) is 1.08. The fourth-order valence-corrected chi connectivity index (χ4v) is 6.44. The van der Waals surface area contributed by atoms with E-state index >= 15 is 0 Å². The van der Waals surface area contributed by atoms with Crippen LogP contribution in [0.25, 0.3) is 6.08 Å². The molecule has 0 fully saturated rings. The standard InChI is InChI=1S/C29H30BrClN2O6S/c1-6-9-20-24(28(35)39-8-3)25(18-15-17(31)10-11-21(18)36-4)33-27(34)23(40-29(33)32-20)14-16-12-19(30)26(37-5)22(13-16)38-7-2/h10-15,25H,6-9H2,1-5H3/b23-14+/t25-/m1/s1. The average Bonchev–Trinajstić information content (AvgIpc) is 3.22. The van der Waals surface area contributed by atoms with Gasteiger partial charge in [-0.05, 0) is 78.2 Å². The molecule has 3 aromatic rings. The van der Waals surface area contributed by atoms with Gasteiger partial charge in [0.2, 0.25) is 0 Å². The van der Waals surface area contributed by atoms with E-state index in [0.29, 0.717) is 65.9 Å². The van der Waals surface area contributed by atoms with Crippen LogP contribution in [-0.4, -0.2) is 38.0 Å². The van der Waals surface area contributed by atoms with Crippen molar-refractivity contribution in [3.63, 3.8) is 0 Å². The molecule has 1 aliphatic heterocycles. The molecule has 2 aromatic carbocycles. The molecule has 4 rings (SSSR count). The van der Waals surface area contributed by atoms with Crippen molar-refractivity contribution in [2.45, 2.75) is 39.7 Å². The summed E-state index contributed by atoms with van der Waals surface area (Å²) in [7, 11) is 3.11. The summed E-state index contributed by atoms with van der Waals surface area (Å²) in [6.45, 7) is 6.27. The highest BCUT2D eigenvalue weighted by Crippen LogP contribution is 2.39. The largest absolute Gasteiger partial charge is 0.496 e. The molecule has 2 heterocycles. The van der Waals surface area contributed by atoms with Gasteiger partial charge in [0.25, 0.3) is 5.56 Å². The molecule has 0 bridgehead atoms. The van der Waals surface area contributed by atoms with Gasteiger partial charge in [-0.1, -0.05) is 36.3 Å². The number of nitrogens with zero attached hydrogens (tertiary/aromatic N) is 2. The van der Waals surface area contributed by atoms with Crippen LogP contribution in [0.5, 0.6) is 17.2 Å². The second-order valence-corrected chi connectivity index (χ2v) is 11.1. The van der Waals surface area contributed by atoms with Crippen LogP contribution in [0.1, 0.15) is 50.8 Å². The first kappa shape index (κ1) is 29.9. The first-order valence-corrected chi connectivity index (χ1v) is 14.8. The number of aromatic nitrogens is 1. The van der Waals surface area contributed by atoms with Gasteiger partial charge < -0.3 is 18.9 Å². The van der Waals surface area contributed by atoms with E-state index in [4.69, 9.17) is 35.5 Å². The highest BCUT2D eigenvalue weighted by molar-refractivity contribution is 9.10. The number of methoxy groups -OCH3 is 2. The van der Waals surface area contributed by atoms with Crippen LogP contribution in [0.4, 0.5) is 0 Å². The van der Waals surface area contributed by atoms with Gasteiger partial charge in [0.15, 0.2) is 16.3 Å². The summed E-state index contributed by atoms with van der Waals surface area (Å²) in [5.41, 5.74) is 1.87. The summed E-state index contributed by atoms with van der Waals surface area (Å²) >= 11 is 11.2. The number of hydrogen-bond acceptors (Lipinski definition) is 8. The Morgan fingerprint density at radius 3 is 2.55 bits per heavy atom. The lowest BCUT2D eigenvalue weighted by molar-refractivity contribution is -0.139. The van der Waals surface area contributed by atoms with E-state index in [9.17, 15) is 9.59 Å². The Kier molecular flexibility index (Phi) is 9.76. The summed E-state index contributed by atoms with van der Waals surface area (Å²) in [4.78, 5) is 32.7. The number of carbonyl (C=O) groups is 1. The maximum Gasteiger partial charge on any atom is 0.338 e. The second-order valence-electron chi connectivity index (χ2n) is 8.77. The number of allylic oxidation sites excluding steroid dienone is 1. The summed E-state index contributed by atoms with van der Waals surface area (Å²) in [6.07, 6.45) is 3.05. The zero-order valence-electron chi connectivity index (χ0n) is 22.9. The number of hydrogen-bond donors (Lipinski definition) is 0. The SMILES string of the molecule is CCCC1=C(C(=O)OCC)[C@@H](c2cc(Cl)ccc2OC)n2c(s/c(=C/c3cc(Br)c(OC)c(OCC)c3)c2=O)=N1. The van der Waals surface area contributed by atoms with Crippen molar-refractivity contribution in [2.75, 3.05) is 27.4 Å². The van der Waals surface area contributed by atoms with Crippen LogP contribution in [0.3, 0.4) is 0 Å². The predicted octanol–water partition coefficient (Wildman–Crippen LogP) is 5.41. The van der Waals surface area contributed by atoms with Gasteiger partial charge >= 0.3 is 5.97 Å². The fourth-order valence-electron chi connectivity index (χ4n) is 4.62. The summed E-state index contributed by atoms with van der Waals surface area (Å²) in [5, 5.41) is 0.446. The molecule has 0 aliphatic carbocycles. The maximum atomic E-state index is 14.1. The number of rotatable bonds is 10. The van der Waals surface area contributed by atoms with Crippen molar-refractivity contribution in [3.05, 3.63) is 81.9 Å². The van der Waals surface area contributed by atoms with E-state index < -0.39 is 12.0 Å².